The average Bonchev–Trinajstić information content (AvgIpc) is 1.82. The molecule has 0 unspecified atom stereocenters. The maximum Gasteiger partial charge on any atom is 0.333 e. The van der Waals surface area contributed by atoms with Gasteiger partial charge in [-0.15, -0.1) is 0 Å². The SMILES string of the molecule is C=C(C)C(=O)OCCF. The van der Waals surface area contributed by atoms with Gasteiger partial charge in [0, 0.05) is 5.57 Å². The zero-order valence-electron chi connectivity index (χ0n) is 5.32. The molecule has 0 saturated carbocycles. The second-order valence-corrected chi connectivity index (χ2v) is 1.61. The first-order valence-corrected chi connectivity index (χ1v) is 2.57. The van der Waals surface area contributed by atoms with Crippen molar-refractivity contribution in [3.8, 4) is 0 Å². The highest BCUT2D eigenvalue weighted by Crippen LogP contribution is 1.90. The molecule has 0 bridgehead atoms. The first-order chi connectivity index (χ1) is 4.18. The lowest BCUT2D eigenvalue weighted by Crippen LogP contribution is -2.06. The molecule has 0 aliphatic rings. The number of halogens is 1. The number of alkyl halides is 1. The Hall–Kier alpha value is -0.860. The molecule has 2 nitrogen and oxygen atoms in total. The molecule has 52 valence electrons. The fourth-order valence-electron chi connectivity index (χ4n) is 0.254. The highest BCUT2D eigenvalue weighted by atomic mass is 19.1. The Morgan fingerprint density at radius 3 is 2.67 bits per heavy atom. The van der Waals surface area contributed by atoms with Crippen molar-refractivity contribution in [1.82, 2.24) is 0 Å². The smallest absolute Gasteiger partial charge is 0.333 e. The van der Waals surface area contributed by atoms with E-state index in [1.54, 1.807) is 0 Å². The summed E-state index contributed by atoms with van der Waals surface area (Å²) in [4.78, 5) is 10.4. The topological polar surface area (TPSA) is 26.3 Å². The van der Waals surface area contributed by atoms with Crippen LogP contribution in [-0.4, -0.2) is 19.3 Å². The minimum absolute atomic E-state index is 0.175. The van der Waals surface area contributed by atoms with Crippen LogP contribution in [0.3, 0.4) is 0 Å². The van der Waals surface area contributed by atoms with Gasteiger partial charge in [-0.3, -0.25) is 0 Å². The predicted octanol–water partition coefficient (Wildman–Crippen LogP) is 1.08. The maximum atomic E-state index is 11.3. The third-order valence-electron chi connectivity index (χ3n) is 0.659. The van der Waals surface area contributed by atoms with Gasteiger partial charge >= 0.3 is 5.97 Å². The molecule has 0 aromatic heterocycles. The van der Waals surface area contributed by atoms with Crippen LogP contribution in [0.25, 0.3) is 0 Å². The van der Waals surface area contributed by atoms with Crippen molar-refractivity contribution >= 4 is 5.97 Å². The molecule has 0 atom stereocenters. The molecule has 0 saturated heterocycles. The van der Waals surface area contributed by atoms with E-state index in [9.17, 15) is 9.18 Å². The minimum atomic E-state index is -0.640. The molecule has 0 aromatic carbocycles. The Balaban J connectivity index is 3.39. The minimum Gasteiger partial charge on any atom is -0.460 e. The third kappa shape index (κ3) is 3.70. The maximum absolute atomic E-state index is 11.3. The predicted molar refractivity (Wildman–Crippen MR) is 31.7 cm³/mol. The van der Waals surface area contributed by atoms with E-state index in [0.717, 1.165) is 0 Å². The lowest BCUT2D eigenvalue weighted by Gasteiger charge is -1.98. The molecular weight excluding hydrogens is 123 g/mol. The molecule has 0 radical (unpaired) electrons. The average molecular weight is 132 g/mol. The molecule has 0 heterocycles. The molecule has 9 heavy (non-hydrogen) atoms. The van der Waals surface area contributed by atoms with Crippen molar-refractivity contribution in [3.05, 3.63) is 12.2 Å². The number of carbonyl (C=O) groups excluding carboxylic acids is 1. The van der Waals surface area contributed by atoms with E-state index in [-0.39, 0.29) is 6.61 Å². The Bertz CT molecular complexity index is 120. The van der Waals surface area contributed by atoms with Gasteiger partial charge in [0.2, 0.25) is 0 Å². The highest BCUT2D eigenvalue weighted by Gasteiger charge is 2.00. The third-order valence-corrected chi connectivity index (χ3v) is 0.659. The molecule has 0 fully saturated rings. The fourth-order valence-corrected chi connectivity index (χ4v) is 0.254. The normalized spacial score (nSPS) is 8.67. The Labute approximate surface area is 53.3 Å². The van der Waals surface area contributed by atoms with E-state index in [0.29, 0.717) is 5.57 Å². The number of esters is 1. The molecule has 0 aliphatic heterocycles. The monoisotopic (exact) mass is 132 g/mol. The molecular formula is C6H9FO2. The van der Waals surface area contributed by atoms with E-state index >= 15 is 0 Å². The van der Waals surface area contributed by atoms with Crippen LogP contribution in [0.4, 0.5) is 4.39 Å². The molecule has 0 amide bonds. The quantitative estimate of drug-likeness (QED) is 0.424. The highest BCUT2D eigenvalue weighted by molar-refractivity contribution is 5.86. The summed E-state index contributed by atoms with van der Waals surface area (Å²) in [6.07, 6.45) is 0. The number of hydrogen-bond acceptors (Lipinski definition) is 2. The van der Waals surface area contributed by atoms with Crippen LogP contribution in [0, 0.1) is 0 Å². The number of rotatable bonds is 3. The zero-order valence-corrected chi connectivity index (χ0v) is 5.32. The van der Waals surface area contributed by atoms with Gasteiger partial charge in [0.1, 0.15) is 13.3 Å². The van der Waals surface area contributed by atoms with Crippen LogP contribution in [0.1, 0.15) is 6.92 Å². The van der Waals surface area contributed by atoms with E-state index in [2.05, 4.69) is 11.3 Å². The summed E-state index contributed by atoms with van der Waals surface area (Å²) < 4.78 is 15.6. The lowest BCUT2D eigenvalue weighted by molar-refractivity contribution is -0.139. The van der Waals surface area contributed by atoms with Crippen molar-refractivity contribution in [1.29, 1.82) is 0 Å². The van der Waals surface area contributed by atoms with Gasteiger partial charge < -0.3 is 4.74 Å². The van der Waals surface area contributed by atoms with E-state index in [1.165, 1.54) is 6.92 Å². The Morgan fingerprint density at radius 2 is 2.33 bits per heavy atom. The van der Waals surface area contributed by atoms with Crippen LogP contribution < -0.4 is 0 Å². The summed E-state index contributed by atoms with van der Waals surface area (Å²) in [5, 5.41) is 0. The van der Waals surface area contributed by atoms with Crippen LogP contribution in [0.15, 0.2) is 12.2 Å². The van der Waals surface area contributed by atoms with E-state index in [1.807, 2.05) is 0 Å². The number of carbonyl (C=O) groups is 1. The molecule has 3 heteroatoms. The van der Waals surface area contributed by atoms with Gasteiger partial charge in [-0.1, -0.05) is 6.58 Å². The van der Waals surface area contributed by atoms with Crippen LogP contribution in [0.2, 0.25) is 0 Å². The molecule has 0 aromatic rings. The van der Waals surface area contributed by atoms with Gasteiger partial charge in [-0.05, 0) is 6.92 Å². The van der Waals surface area contributed by atoms with Crippen LogP contribution >= 0.6 is 0 Å². The first kappa shape index (κ1) is 8.14. The van der Waals surface area contributed by atoms with Crippen LogP contribution in [-0.2, 0) is 9.53 Å². The summed E-state index contributed by atoms with van der Waals surface area (Å²) in [6.45, 7) is 4.01. The van der Waals surface area contributed by atoms with Gasteiger partial charge in [0.25, 0.3) is 0 Å². The first-order valence-electron chi connectivity index (χ1n) is 2.57. The van der Waals surface area contributed by atoms with Gasteiger partial charge in [0.05, 0.1) is 0 Å². The van der Waals surface area contributed by atoms with Gasteiger partial charge in [0.15, 0.2) is 0 Å². The number of ether oxygens (including phenoxy) is 1. The summed E-state index contributed by atoms with van der Waals surface area (Å²) in [7, 11) is 0. The number of hydrogen-bond donors (Lipinski definition) is 0. The summed E-state index contributed by atoms with van der Waals surface area (Å²) in [5.74, 6) is -0.535. The second-order valence-electron chi connectivity index (χ2n) is 1.61. The summed E-state index contributed by atoms with van der Waals surface area (Å²) in [5.41, 5.74) is 0.295. The van der Waals surface area contributed by atoms with Gasteiger partial charge in [-0.25, -0.2) is 9.18 Å². The molecule has 0 N–H and O–H groups in total. The van der Waals surface area contributed by atoms with Gasteiger partial charge in [-0.2, -0.15) is 0 Å². The summed E-state index contributed by atoms with van der Waals surface area (Å²) >= 11 is 0. The molecule has 0 aliphatic carbocycles. The van der Waals surface area contributed by atoms with Crippen molar-refractivity contribution in [2.24, 2.45) is 0 Å². The van der Waals surface area contributed by atoms with Crippen molar-refractivity contribution in [3.63, 3.8) is 0 Å². The van der Waals surface area contributed by atoms with Crippen LogP contribution in [0.5, 0.6) is 0 Å². The molecule has 0 spiro atoms. The lowest BCUT2D eigenvalue weighted by atomic mass is 10.4. The van der Waals surface area contributed by atoms with E-state index in [4.69, 9.17) is 0 Å². The van der Waals surface area contributed by atoms with Crippen molar-refractivity contribution < 1.29 is 13.9 Å². The van der Waals surface area contributed by atoms with Crippen molar-refractivity contribution in [2.45, 2.75) is 6.92 Å². The fraction of sp³-hybridized carbons (Fsp3) is 0.500. The zero-order chi connectivity index (χ0) is 7.28. The standard InChI is InChI=1S/C6H9FO2/c1-5(2)6(8)9-4-3-7/h1,3-4H2,2H3. The Morgan fingerprint density at radius 1 is 1.78 bits per heavy atom. The molecule has 0 rings (SSSR count). The largest absolute Gasteiger partial charge is 0.460 e. The van der Waals surface area contributed by atoms with Crippen molar-refractivity contribution in [2.75, 3.05) is 13.3 Å². The summed E-state index contributed by atoms with van der Waals surface area (Å²) in [6, 6.07) is 0. The Kier molecular flexibility index (Phi) is 3.67. The second kappa shape index (κ2) is 4.06. The van der Waals surface area contributed by atoms with E-state index < -0.39 is 12.6 Å².